The summed E-state index contributed by atoms with van der Waals surface area (Å²) in [5.41, 5.74) is 4.26. The third-order valence-corrected chi connectivity index (χ3v) is 9.05. The molecule has 0 N–H and O–H groups in total. The summed E-state index contributed by atoms with van der Waals surface area (Å²) < 4.78 is 39.5. The van der Waals surface area contributed by atoms with E-state index >= 15 is 0 Å². The van der Waals surface area contributed by atoms with Gasteiger partial charge in [0.1, 0.15) is 6.04 Å². The minimum Gasteiger partial charge on any atom is -0.338 e. The van der Waals surface area contributed by atoms with Gasteiger partial charge in [-0.1, -0.05) is 109 Å². The number of rotatable bonds is 11. The van der Waals surface area contributed by atoms with Crippen LogP contribution in [0.15, 0.2) is 140 Å². The zero-order chi connectivity index (χ0) is 35.6. The van der Waals surface area contributed by atoms with Gasteiger partial charge in [-0.2, -0.15) is 13.2 Å². The molecule has 1 unspecified atom stereocenters. The van der Waals surface area contributed by atoms with Crippen LogP contribution in [0.3, 0.4) is 0 Å². The van der Waals surface area contributed by atoms with E-state index in [4.69, 9.17) is 0 Å². The number of benzene rings is 4. The van der Waals surface area contributed by atoms with Crippen molar-refractivity contribution in [1.82, 2.24) is 19.7 Å². The lowest BCUT2D eigenvalue weighted by atomic mass is 10.0. The Balaban J connectivity index is 1.28. The van der Waals surface area contributed by atoms with Crippen molar-refractivity contribution in [2.75, 3.05) is 26.2 Å². The topological polar surface area (TPSA) is 56.8 Å². The van der Waals surface area contributed by atoms with E-state index in [0.29, 0.717) is 38.2 Å². The van der Waals surface area contributed by atoms with Crippen molar-refractivity contribution in [2.45, 2.75) is 31.7 Å². The molecule has 0 spiro atoms. The van der Waals surface area contributed by atoms with Gasteiger partial charge in [0, 0.05) is 63.5 Å². The van der Waals surface area contributed by atoms with Crippen LogP contribution in [0, 0.1) is 0 Å². The maximum absolute atomic E-state index is 14.5. The average Bonchev–Trinajstić information content (AvgIpc) is 3.16. The van der Waals surface area contributed by atoms with Gasteiger partial charge in [0.15, 0.2) is 0 Å². The summed E-state index contributed by atoms with van der Waals surface area (Å²) in [6.07, 6.45) is 0.362. The van der Waals surface area contributed by atoms with Gasteiger partial charge in [-0.3, -0.25) is 19.5 Å². The van der Waals surface area contributed by atoms with Gasteiger partial charge in [0.25, 0.3) is 0 Å². The highest BCUT2D eigenvalue weighted by atomic mass is 19.4. The predicted molar refractivity (Wildman–Crippen MR) is 193 cm³/mol. The number of piperazine rings is 1. The number of alkyl halides is 3. The van der Waals surface area contributed by atoms with Crippen LogP contribution in [-0.2, 0) is 35.3 Å². The largest absolute Gasteiger partial charge is 0.416 e. The zero-order valence-electron chi connectivity index (χ0n) is 28.1. The molecule has 1 aliphatic rings. The van der Waals surface area contributed by atoms with Crippen LogP contribution in [0.1, 0.15) is 27.8 Å². The van der Waals surface area contributed by atoms with Crippen molar-refractivity contribution >= 4 is 17.9 Å². The third kappa shape index (κ3) is 9.58. The number of carbonyl (C=O) groups excluding carboxylic acids is 2. The smallest absolute Gasteiger partial charge is 0.338 e. The second-order valence-electron chi connectivity index (χ2n) is 12.6. The van der Waals surface area contributed by atoms with E-state index in [0.717, 1.165) is 41.1 Å². The number of aromatic nitrogens is 1. The summed E-state index contributed by atoms with van der Waals surface area (Å²) in [5.74, 6) is -0.581. The molecule has 51 heavy (non-hydrogen) atoms. The van der Waals surface area contributed by atoms with Gasteiger partial charge < -0.3 is 9.80 Å². The number of pyridine rings is 1. The quantitative estimate of drug-likeness (QED) is 0.133. The minimum atomic E-state index is -4.46. The molecule has 1 atom stereocenters. The molecule has 2 amide bonds. The fourth-order valence-corrected chi connectivity index (χ4v) is 6.23. The highest BCUT2D eigenvalue weighted by Gasteiger charge is 2.34. The molecular weight excluding hydrogens is 649 g/mol. The molecule has 4 aromatic carbocycles. The molecule has 260 valence electrons. The van der Waals surface area contributed by atoms with E-state index in [-0.39, 0.29) is 12.5 Å². The Morgan fingerprint density at radius 3 is 1.92 bits per heavy atom. The molecule has 0 radical (unpaired) electrons. The van der Waals surface area contributed by atoms with Gasteiger partial charge in [0.2, 0.25) is 11.8 Å². The highest BCUT2D eigenvalue weighted by Crippen LogP contribution is 2.29. The minimum absolute atomic E-state index is 0.107. The highest BCUT2D eigenvalue weighted by molar-refractivity contribution is 5.95. The normalized spacial score (nSPS) is 14.4. The molecule has 1 saturated heterocycles. The first kappa shape index (κ1) is 35.3. The van der Waals surface area contributed by atoms with Gasteiger partial charge >= 0.3 is 6.18 Å². The molecule has 9 heteroatoms. The van der Waals surface area contributed by atoms with E-state index in [2.05, 4.69) is 22.0 Å². The van der Waals surface area contributed by atoms with Gasteiger partial charge in [-0.15, -0.1) is 0 Å². The average molecular weight is 689 g/mol. The SMILES string of the molecule is O=C(C(Cc1ccccc1)N(Cc1ccc(-c2ccccc2)nc1)C(=O)C=Cc1ccc(C(F)(F)F)cc1)N1CCN(Cc2ccccc2)CC1. The predicted octanol–water partition coefficient (Wildman–Crippen LogP) is 7.77. The Hall–Kier alpha value is -5.54. The van der Waals surface area contributed by atoms with Crippen LogP contribution in [0.5, 0.6) is 0 Å². The molecule has 1 aromatic heterocycles. The number of nitrogens with zero attached hydrogens (tertiary/aromatic N) is 4. The number of hydrogen-bond donors (Lipinski definition) is 0. The molecule has 0 aliphatic carbocycles. The van der Waals surface area contributed by atoms with E-state index in [1.165, 1.54) is 29.8 Å². The zero-order valence-corrected chi connectivity index (χ0v) is 28.1. The Bertz CT molecular complexity index is 1890. The summed E-state index contributed by atoms with van der Waals surface area (Å²) in [6, 6.07) is 37.1. The summed E-state index contributed by atoms with van der Waals surface area (Å²) in [4.78, 5) is 39.1. The van der Waals surface area contributed by atoms with Crippen LogP contribution in [0.25, 0.3) is 17.3 Å². The lowest BCUT2D eigenvalue weighted by Gasteiger charge is -2.39. The van der Waals surface area contributed by atoms with Crippen molar-refractivity contribution in [3.63, 3.8) is 0 Å². The fourth-order valence-electron chi connectivity index (χ4n) is 6.23. The number of carbonyl (C=O) groups is 2. The number of halogens is 3. The van der Waals surface area contributed by atoms with Gasteiger partial charge in [0.05, 0.1) is 11.3 Å². The van der Waals surface area contributed by atoms with Gasteiger partial charge in [-0.05, 0) is 46.5 Å². The molecule has 1 aliphatic heterocycles. The first-order valence-corrected chi connectivity index (χ1v) is 17.0. The fraction of sp³-hybridized carbons (Fsp3) is 0.214. The van der Waals surface area contributed by atoms with Crippen molar-refractivity contribution < 1.29 is 22.8 Å². The second kappa shape index (κ2) is 16.4. The Morgan fingerprint density at radius 1 is 0.725 bits per heavy atom. The molecule has 1 fully saturated rings. The molecule has 6 nitrogen and oxygen atoms in total. The van der Waals surface area contributed by atoms with Crippen LogP contribution in [-0.4, -0.2) is 63.7 Å². The molecule has 2 heterocycles. The summed E-state index contributed by atoms with van der Waals surface area (Å²) >= 11 is 0. The third-order valence-electron chi connectivity index (χ3n) is 9.05. The van der Waals surface area contributed by atoms with Crippen molar-refractivity contribution in [2.24, 2.45) is 0 Å². The maximum atomic E-state index is 14.5. The first-order valence-electron chi connectivity index (χ1n) is 17.0. The second-order valence-corrected chi connectivity index (χ2v) is 12.6. The van der Waals surface area contributed by atoms with Gasteiger partial charge in [-0.25, -0.2) is 0 Å². The van der Waals surface area contributed by atoms with E-state index < -0.39 is 23.7 Å². The molecule has 0 bridgehead atoms. The lowest BCUT2D eigenvalue weighted by Crippen LogP contribution is -2.56. The number of amides is 2. The Kier molecular flexibility index (Phi) is 11.4. The van der Waals surface area contributed by atoms with Crippen molar-refractivity contribution in [3.8, 4) is 11.3 Å². The molecule has 0 saturated carbocycles. The van der Waals surface area contributed by atoms with Crippen LogP contribution < -0.4 is 0 Å². The standard InChI is InChI=1S/C42H39F3N4O2/c43-42(44,45)37-20-16-32(17-21-37)19-23-40(50)49(31-35-18-22-38(46-29-35)36-14-8-3-9-15-36)39(28-33-10-4-1-5-11-33)41(51)48-26-24-47(25-27-48)30-34-12-6-2-7-13-34/h1-23,29,39H,24-28,30-31H2. The van der Waals surface area contributed by atoms with Crippen LogP contribution in [0.2, 0.25) is 0 Å². The lowest BCUT2D eigenvalue weighted by molar-refractivity contribution is -0.145. The molecule has 5 aromatic rings. The van der Waals surface area contributed by atoms with Crippen LogP contribution >= 0.6 is 0 Å². The monoisotopic (exact) mass is 688 g/mol. The first-order chi connectivity index (χ1) is 24.7. The van der Waals surface area contributed by atoms with Crippen molar-refractivity contribution in [1.29, 1.82) is 0 Å². The summed E-state index contributed by atoms with van der Waals surface area (Å²) in [7, 11) is 0. The Morgan fingerprint density at radius 2 is 1.33 bits per heavy atom. The van der Waals surface area contributed by atoms with E-state index in [9.17, 15) is 22.8 Å². The maximum Gasteiger partial charge on any atom is 0.416 e. The van der Waals surface area contributed by atoms with E-state index in [1.807, 2.05) is 95.9 Å². The molecule has 6 rings (SSSR count). The van der Waals surface area contributed by atoms with Crippen molar-refractivity contribution in [3.05, 3.63) is 167 Å². The van der Waals surface area contributed by atoms with Crippen LogP contribution in [0.4, 0.5) is 13.2 Å². The summed E-state index contributed by atoms with van der Waals surface area (Å²) in [5, 5.41) is 0. The molecular formula is C42H39F3N4O2. The van der Waals surface area contributed by atoms with E-state index in [1.54, 1.807) is 11.1 Å². The number of hydrogen-bond acceptors (Lipinski definition) is 4. The Labute approximate surface area is 296 Å². The summed E-state index contributed by atoms with van der Waals surface area (Å²) in [6.45, 7) is 3.34.